The highest BCUT2D eigenvalue weighted by atomic mass is 14.0. The summed E-state index contributed by atoms with van der Waals surface area (Å²) >= 11 is 0. The zero-order valence-electron chi connectivity index (χ0n) is 18.1. The Balaban J connectivity index is 0. The number of benzene rings is 3. The van der Waals surface area contributed by atoms with Crippen LogP contribution in [0.15, 0.2) is 84.9 Å². The fourth-order valence-corrected chi connectivity index (χ4v) is 1.91. The average Bonchev–Trinajstić information content (AvgIpc) is 2.75. The van der Waals surface area contributed by atoms with E-state index in [9.17, 15) is 0 Å². The molecule has 3 rings (SSSR count). The smallest absolute Gasteiger partial charge is 0.0184 e. The summed E-state index contributed by atoms with van der Waals surface area (Å²) < 4.78 is 0. The first-order chi connectivity index (χ1) is 12.8. The molecule has 0 aliphatic rings. The van der Waals surface area contributed by atoms with Gasteiger partial charge in [0.25, 0.3) is 0 Å². The lowest BCUT2D eigenvalue weighted by Gasteiger charge is -2.00. The van der Waals surface area contributed by atoms with Gasteiger partial charge in [0.1, 0.15) is 0 Å². The second kappa shape index (κ2) is 19.0. The van der Waals surface area contributed by atoms with Crippen molar-refractivity contribution < 1.29 is 0 Å². The van der Waals surface area contributed by atoms with Crippen molar-refractivity contribution in [3.63, 3.8) is 0 Å². The van der Waals surface area contributed by atoms with Crippen molar-refractivity contribution in [2.24, 2.45) is 0 Å². The molecule has 3 aromatic rings. The van der Waals surface area contributed by atoms with Gasteiger partial charge in [-0.25, -0.2) is 0 Å². The van der Waals surface area contributed by atoms with Gasteiger partial charge in [0.15, 0.2) is 0 Å². The normalized spacial score (nSPS) is 8.00. The third-order valence-corrected chi connectivity index (χ3v) is 3.10. The quantitative estimate of drug-likeness (QED) is 0.411. The molecule has 0 nitrogen and oxygen atoms in total. The molecule has 0 radical (unpaired) electrons. The topological polar surface area (TPSA) is 0 Å². The van der Waals surface area contributed by atoms with E-state index in [-0.39, 0.29) is 0 Å². The van der Waals surface area contributed by atoms with Crippen LogP contribution in [0.2, 0.25) is 0 Å². The number of hydrogen-bond acceptors (Lipinski definition) is 0. The molecule has 142 valence electrons. The molecular formula is C26H38. The van der Waals surface area contributed by atoms with Crippen LogP contribution in [0.5, 0.6) is 0 Å². The summed E-state index contributed by atoms with van der Waals surface area (Å²) in [5.74, 6) is 0. The number of hydrogen-bond donors (Lipinski definition) is 0. The van der Waals surface area contributed by atoms with Gasteiger partial charge in [-0.2, -0.15) is 0 Å². The van der Waals surface area contributed by atoms with E-state index in [1.807, 2.05) is 65.8 Å². The van der Waals surface area contributed by atoms with Crippen LogP contribution < -0.4 is 0 Å². The number of aryl methyl sites for hydroxylation is 2. The Morgan fingerprint density at radius 1 is 0.346 bits per heavy atom. The summed E-state index contributed by atoms with van der Waals surface area (Å²) in [6.07, 6.45) is 0. The minimum absolute atomic E-state index is 1.28. The summed E-state index contributed by atoms with van der Waals surface area (Å²) in [4.78, 5) is 0. The lowest BCUT2D eigenvalue weighted by atomic mass is 10.0. The van der Waals surface area contributed by atoms with Crippen molar-refractivity contribution in [1.82, 2.24) is 0 Å². The molecule has 0 atom stereocenters. The second-order valence-corrected chi connectivity index (χ2v) is 4.89. The maximum absolute atomic E-state index is 2.16. The third-order valence-electron chi connectivity index (χ3n) is 3.10. The van der Waals surface area contributed by atoms with Crippen molar-refractivity contribution in [1.29, 1.82) is 0 Å². The highest BCUT2D eigenvalue weighted by Crippen LogP contribution is 2.18. The molecule has 0 N–H and O–H groups in total. The predicted octanol–water partition coefficient (Wildman–Crippen LogP) is 8.74. The Bertz CT molecular complexity index is 607. The van der Waals surface area contributed by atoms with Crippen molar-refractivity contribution in [3.05, 3.63) is 96.1 Å². The highest BCUT2D eigenvalue weighted by molar-refractivity contribution is 5.63. The van der Waals surface area contributed by atoms with Crippen LogP contribution in [0.3, 0.4) is 0 Å². The Morgan fingerprint density at radius 2 is 0.654 bits per heavy atom. The van der Waals surface area contributed by atoms with Crippen molar-refractivity contribution >= 4 is 0 Å². The SMILES string of the molecule is CC.CC.CC.Cc1ccc(-c2ccccc2)cc1.Cc1ccccc1. The van der Waals surface area contributed by atoms with E-state index in [0.717, 1.165) is 0 Å². The van der Waals surface area contributed by atoms with Crippen LogP contribution in [0.25, 0.3) is 11.1 Å². The molecule has 0 amide bonds. The molecule has 0 fully saturated rings. The van der Waals surface area contributed by atoms with E-state index in [2.05, 4.69) is 74.5 Å². The Kier molecular flexibility index (Phi) is 18.9. The van der Waals surface area contributed by atoms with E-state index in [1.165, 1.54) is 22.3 Å². The average molecular weight is 351 g/mol. The fourth-order valence-electron chi connectivity index (χ4n) is 1.91. The van der Waals surface area contributed by atoms with E-state index in [1.54, 1.807) is 0 Å². The molecule has 0 saturated heterocycles. The maximum atomic E-state index is 2.16. The molecule has 0 bridgehead atoms. The molecular weight excluding hydrogens is 312 g/mol. The zero-order valence-corrected chi connectivity index (χ0v) is 18.1. The molecule has 0 aliphatic carbocycles. The van der Waals surface area contributed by atoms with Crippen LogP contribution in [-0.2, 0) is 0 Å². The van der Waals surface area contributed by atoms with E-state index >= 15 is 0 Å². The van der Waals surface area contributed by atoms with Gasteiger partial charge in [0, 0.05) is 0 Å². The van der Waals surface area contributed by atoms with Gasteiger partial charge in [-0.1, -0.05) is 138 Å². The Labute approximate surface area is 162 Å². The van der Waals surface area contributed by atoms with Gasteiger partial charge >= 0.3 is 0 Å². The Morgan fingerprint density at radius 3 is 1.00 bits per heavy atom. The van der Waals surface area contributed by atoms with Crippen LogP contribution in [0, 0.1) is 13.8 Å². The van der Waals surface area contributed by atoms with Gasteiger partial charge in [-0.3, -0.25) is 0 Å². The molecule has 0 spiro atoms. The minimum atomic E-state index is 1.28. The van der Waals surface area contributed by atoms with Crippen LogP contribution in [0.1, 0.15) is 52.7 Å². The van der Waals surface area contributed by atoms with Gasteiger partial charge in [-0.05, 0) is 25.0 Å². The predicted molar refractivity (Wildman–Crippen MR) is 122 cm³/mol. The molecule has 0 unspecified atom stereocenters. The van der Waals surface area contributed by atoms with E-state index in [4.69, 9.17) is 0 Å². The van der Waals surface area contributed by atoms with Crippen LogP contribution in [0.4, 0.5) is 0 Å². The summed E-state index contributed by atoms with van der Waals surface area (Å²) in [5, 5.41) is 0. The molecule has 0 aliphatic heterocycles. The summed E-state index contributed by atoms with van der Waals surface area (Å²) in [6, 6.07) is 29.3. The largest absolute Gasteiger partial charge is 0.0683 e. The monoisotopic (exact) mass is 350 g/mol. The highest BCUT2D eigenvalue weighted by Gasteiger charge is 1.93. The molecule has 26 heavy (non-hydrogen) atoms. The van der Waals surface area contributed by atoms with Gasteiger partial charge < -0.3 is 0 Å². The van der Waals surface area contributed by atoms with E-state index in [0.29, 0.717) is 0 Å². The molecule has 3 aromatic carbocycles. The van der Waals surface area contributed by atoms with Crippen LogP contribution >= 0.6 is 0 Å². The molecule has 0 heteroatoms. The van der Waals surface area contributed by atoms with Crippen molar-refractivity contribution in [2.75, 3.05) is 0 Å². The first kappa shape index (κ1) is 25.9. The van der Waals surface area contributed by atoms with Gasteiger partial charge in [0.2, 0.25) is 0 Å². The standard InChI is InChI=1S/C13H12.C7H8.3C2H6/c1-11-7-9-13(10-8-11)12-5-3-2-4-6-12;1-7-5-3-2-4-6-7;3*1-2/h2-10H,1H3;2-6H,1H3;3*1-2H3. The van der Waals surface area contributed by atoms with E-state index < -0.39 is 0 Å². The van der Waals surface area contributed by atoms with Crippen LogP contribution in [-0.4, -0.2) is 0 Å². The second-order valence-electron chi connectivity index (χ2n) is 4.89. The first-order valence-electron chi connectivity index (χ1n) is 9.89. The van der Waals surface area contributed by atoms with Gasteiger partial charge in [0.05, 0.1) is 0 Å². The lowest BCUT2D eigenvalue weighted by molar-refractivity contribution is 1.47. The zero-order chi connectivity index (χ0) is 20.2. The molecule has 0 heterocycles. The molecule has 0 aromatic heterocycles. The molecule has 0 saturated carbocycles. The third kappa shape index (κ3) is 12.1. The van der Waals surface area contributed by atoms with Crippen molar-refractivity contribution in [2.45, 2.75) is 55.4 Å². The fraction of sp³-hybridized carbons (Fsp3) is 0.308. The Hall–Kier alpha value is -2.34. The summed E-state index contributed by atoms with van der Waals surface area (Å²) in [5.41, 5.74) is 5.19. The summed E-state index contributed by atoms with van der Waals surface area (Å²) in [6.45, 7) is 16.2. The van der Waals surface area contributed by atoms with Crippen molar-refractivity contribution in [3.8, 4) is 11.1 Å². The minimum Gasteiger partial charge on any atom is -0.0683 e. The number of rotatable bonds is 1. The first-order valence-corrected chi connectivity index (χ1v) is 9.89. The maximum Gasteiger partial charge on any atom is -0.0184 e. The van der Waals surface area contributed by atoms with Gasteiger partial charge in [-0.15, -0.1) is 0 Å². The lowest BCUT2D eigenvalue weighted by Crippen LogP contribution is -1.76. The summed E-state index contributed by atoms with van der Waals surface area (Å²) in [7, 11) is 0.